The molecule has 1 aromatic rings. The van der Waals surface area contributed by atoms with Gasteiger partial charge in [0.15, 0.2) is 5.11 Å². The lowest BCUT2D eigenvalue weighted by atomic mass is 9.83. The molecule has 2 aliphatic rings. The van der Waals surface area contributed by atoms with E-state index in [1.54, 1.807) is 13.0 Å². The Hall–Kier alpha value is -1.89. The van der Waals surface area contributed by atoms with Crippen molar-refractivity contribution in [2.75, 3.05) is 26.2 Å². The summed E-state index contributed by atoms with van der Waals surface area (Å²) in [5.74, 6) is 0.409. The Morgan fingerprint density at radius 2 is 2.22 bits per heavy atom. The number of carbonyl (C=O) groups excluding carboxylic acids is 1. The minimum Gasteiger partial charge on any atom is -0.465 e. The van der Waals surface area contributed by atoms with Gasteiger partial charge in [0.1, 0.15) is 6.54 Å². The first-order chi connectivity index (χ1) is 11.1. The van der Waals surface area contributed by atoms with Crippen molar-refractivity contribution in [2.24, 2.45) is 5.92 Å². The molecule has 124 valence electrons. The number of fused-ring (bicyclic) bond motifs is 4. The highest BCUT2D eigenvalue weighted by molar-refractivity contribution is 7.80. The number of nitrogens with zero attached hydrogens (tertiary/aromatic N) is 2. The van der Waals surface area contributed by atoms with Crippen LogP contribution in [0.15, 0.2) is 23.0 Å². The molecular formula is C16H21N3O3S. The molecule has 1 N–H and O–H groups in total. The zero-order valence-electron chi connectivity index (χ0n) is 13.2. The minimum absolute atomic E-state index is 0.0775. The third kappa shape index (κ3) is 3.39. The predicted octanol–water partition coefficient (Wildman–Crippen LogP) is 0.705. The fraction of sp³-hybridized carbons (Fsp3) is 0.562. The smallest absolute Gasteiger partial charge is 0.325 e. The van der Waals surface area contributed by atoms with Crippen LogP contribution in [0.25, 0.3) is 0 Å². The monoisotopic (exact) mass is 335 g/mol. The fourth-order valence-electron chi connectivity index (χ4n) is 3.53. The maximum atomic E-state index is 12.0. The van der Waals surface area contributed by atoms with Gasteiger partial charge >= 0.3 is 5.97 Å². The predicted molar refractivity (Wildman–Crippen MR) is 90.4 cm³/mol. The highest BCUT2D eigenvalue weighted by Gasteiger charge is 2.35. The standard InChI is InChI=1S/C16H21N3O3S/c1-2-22-15(21)7-17-16(23)18-8-11-6-12(10-18)13-4-3-5-14(20)19(13)9-11/h3-5,11-12H,2,6-10H2,1H3,(H,17,23)/t11-,12-/m0/s1. The van der Waals surface area contributed by atoms with Gasteiger partial charge in [-0.25, -0.2) is 0 Å². The van der Waals surface area contributed by atoms with Crippen molar-refractivity contribution in [3.8, 4) is 0 Å². The van der Waals surface area contributed by atoms with Crippen LogP contribution in [0.5, 0.6) is 0 Å². The second-order valence-corrected chi connectivity index (χ2v) is 6.45. The number of piperidine rings is 1. The molecule has 2 aliphatic heterocycles. The number of pyridine rings is 1. The van der Waals surface area contributed by atoms with Gasteiger partial charge in [-0.15, -0.1) is 0 Å². The van der Waals surface area contributed by atoms with Crippen LogP contribution in [-0.2, 0) is 16.1 Å². The largest absolute Gasteiger partial charge is 0.465 e. The Labute approximate surface area is 140 Å². The molecule has 1 aromatic heterocycles. The molecule has 1 fully saturated rings. The van der Waals surface area contributed by atoms with E-state index in [1.165, 1.54) is 0 Å². The van der Waals surface area contributed by atoms with E-state index in [0.29, 0.717) is 23.6 Å². The van der Waals surface area contributed by atoms with Crippen LogP contribution in [0, 0.1) is 5.92 Å². The zero-order chi connectivity index (χ0) is 16.4. The molecule has 3 heterocycles. The lowest BCUT2D eigenvalue weighted by Gasteiger charge is -2.43. The van der Waals surface area contributed by atoms with E-state index in [4.69, 9.17) is 17.0 Å². The van der Waals surface area contributed by atoms with E-state index in [0.717, 1.165) is 31.7 Å². The number of esters is 1. The fourth-order valence-corrected chi connectivity index (χ4v) is 3.76. The number of likely N-dealkylation sites (tertiary alicyclic amines) is 1. The van der Waals surface area contributed by atoms with Crippen molar-refractivity contribution in [1.29, 1.82) is 0 Å². The summed E-state index contributed by atoms with van der Waals surface area (Å²) in [6.07, 6.45) is 1.08. The summed E-state index contributed by atoms with van der Waals surface area (Å²) in [7, 11) is 0. The van der Waals surface area contributed by atoms with Gasteiger partial charge in [-0.2, -0.15) is 0 Å². The molecule has 6 nitrogen and oxygen atoms in total. The number of hydrogen-bond donors (Lipinski definition) is 1. The van der Waals surface area contributed by atoms with Crippen LogP contribution in [0.1, 0.15) is 25.0 Å². The number of aromatic nitrogens is 1. The Morgan fingerprint density at radius 3 is 3.00 bits per heavy atom. The van der Waals surface area contributed by atoms with E-state index >= 15 is 0 Å². The molecule has 23 heavy (non-hydrogen) atoms. The molecule has 0 saturated carbocycles. The third-order valence-electron chi connectivity index (χ3n) is 4.46. The Balaban J connectivity index is 1.66. The van der Waals surface area contributed by atoms with Gasteiger partial charge in [-0.3, -0.25) is 9.59 Å². The van der Waals surface area contributed by atoms with Crippen LogP contribution in [0.3, 0.4) is 0 Å². The molecule has 0 aromatic carbocycles. The molecule has 0 unspecified atom stereocenters. The summed E-state index contributed by atoms with van der Waals surface area (Å²) >= 11 is 5.42. The number of thiocarbonyl (C=S) groups is 1. The average molecular weight is 335 g/mol. The van der Waals surface area contributed by atoms with Crippen molar-refractivity contribution >= 4 is 23.3 Å². The molecule has 3 rings (SSSR count). The van der Waals surface area contributed by atoms with Crippen molar-refractivity contribution in [1.82, 2.24) is 14.8 Å². The summed E-state index contributed by atoms with van der Waals surface area (Å²) in [6.45, 7) is 4.56. The topological polar surface area (TPSA) is 63.6 Å². The first kappa shape index (κ1) is 16.0. The molecule has 0 radical (unpaired) electrons. The second kappa shape index (κ2) is 6.70. The number of rotatable bonds is 3. The molecule has 0 spiro atoms. The van der Waals surface area contributed by atoms with Crippen molar-refractivity contribution in [3.05, 3.63) is 34.2 Å². The van der Waals surface area contributed by atoms with Crippen molar-refractivity contribution < 1.29 is 9.53 Å². The lowest BCUT2D eigenvalue weighted by molar-refractivity contribution is -0.141. The summed E-state index contributed by atoms with van der Waals surface area (Å²) in [5.41, 5.74) is 1.17. The first-order valence-corrected chi connectivity index (χ1v) is 8.37. The van der Waals surface area contributed by atoms with Gasteiger partial charge in [-0.05, 0) is 37.5 Å². The van der Waals surface area contributed by atoms with E-state index in [2.05, 4.69) is 10.2 Å². The molecule has 2 bridgehead atoms. The van der Waals surface area contributed by atoms with E-state index < -0.39 is 0 Å². The molecule has 0 aliphatic carbocycles. The van der Waals surface area contributed by atoms with E-state index in [9.17, 15) is 9.59 Å². The van der Waals surface area contributed by atoms with Crippen LogP contribution < -0.4 is 10.9 Å². The van der Waals surface area contributed by atoms with Crippen molar-refractivity contribution in [2.45, 2.75) is 25.8 Å². The Bertz CT molecular complexity index is 673. The van der Waals surface area contributed by atoms with Crippen LogP contribution >= 0.6 is 12.2 Å². The van der Waals surface area contributed by atoms with Crippen LogP contribution in [0.2, 0.25) is 0 Å². The Morgan fingerprint density at radius 1 is 1.39 bits per heavy atom. The average Bonchev–Trinajstić information content (AvgIpc) is 2.54. The normalized spacial score (nSPS) is 22.2. The zero-order valence-corrected chi connectivity index (χ0v) is 14.0. The van der Waals surface area contributed by atoms with Crippen molar-refractivity contribution in [3.63, 3.8) is 0 Å². The Kier molecular flexibility index (Phi) is 4.66. The lowest BCUT2D eigenvalue weighted by Crippen LogP contribution is -2.52. The second-order valence-electron chi connectivity index (χ2n) is 6.07. The molecular weight excluding hydrogens is 314 g/mol. The molecule has 1 saturated heterocycles. The highest BCUT2D eigenvalue weighted by Crippen LogP contribution is 2.34. The summed E-state index contributed by atoms with van der Waals surface area (Å²) < 4.78 is 6.79. The summed E-state index contributed by atoms with van der Waals surface area (Å²) in [5, 5.41) is 3.56. The number of carbonyl (C=O) groups is 1. The molecule has 2 atom stereocenters. The van der Waals surface area contributed by atoms with Gasteiger partial charge in [0, 0.05) is 37.3 Å². The number of hydrogen-bond acceptors (Lipinski definition) is 4. The SMILES string of the molecule is CCOC(=O)CNC(=S)N1C[C@@H]2C[C@@H](C1)c1cccc(=O)n1C2. The van der Waals surface area contributed by atoms with Gasteiger partial charge in [0.2, 0.25) is 0 Å². The molecule has 0 amide bonds. The number of ether oxygens (including phenoxy) is 1. The maximum absolute atomic E-state index is 12.0. The summed E-state index contributed by atoms with van der Waals surface area (Å²) in [6, 6.07) is 5.47. The summed E-state index contributed by atoms with van der Waals surface area (Å²) in [4.78, 5) is 25.5. The van der Waals surface area contributed by atoms with Crippen LogP contribution in [-0.4, -0.2) is 46.8 Å². The van der Waals surface area contributed by atoms with Gasteiger partial charge in [0.25, 0.3) is 5.56 Å². The minimum atomic E-state index is -0.302. The van der Waals surface area contributed by atoms with E-state index in [1.807, 2.05) is 16.7 Å². The molecule has 7 heteroatoms. The number of nitrogens with one attached hydrogen (secondary N) is 1. The highest BCUT2D eigenvalue weighted by atomic mass is 32.1. The van der Waals surface area contributed by atoms with Gasteiger partial charge < -0.3 is 19.5 Å². The first-order valence-electron chi connectivity index (χ1n) is 7.96. The maximum Gasteiger partial charge on any atom is 0.325 e. The van der Waals surface area contributed by atoms with Gasteiger partial charge in [-0.1, -0.05) is 6.07 Å². The van der Waals surface area contributed by atoms with Crippen LogP contribution in [0.4, 0.5) is 0 Å². The van der Waals surface area contributed by atoms with Gasteiger partial charge in [0.05, 0.1) is 6.61 Å². The third-order valence-corrected chi connectivity index (χ3v) is 4.86. The van der Waals surface area contributed by atoms with E-state index in [-0.39, 0.29) is 18.1 Å². The quantitative estimate of drug-likeness (QED) is 0.648.